The van der Waals surface area contributed by atoms with Gasteiger partial charge in [-0.25, -0.2) is 0 Å². The van der Waals surface area contributed by atoms with Crippen LogP contribution in [-0.4, -0.2) is 14.2 Å². The lowest BCUT2D eigenvalue weighted by Gasteiger charge is -2.20. The second-order valence-electron chi connectivity index (χ2n) is 4.47. The number of hydrogen-bond acceptors (Lipinski definition) is 2. The quantitative estimate of drug-likeness (QED) is 0.917. The Balaban J connectivity index is 2.43. The Bertz CT molecular complexity index is 568. The van der Waals surface area contributed by atoms with Crippen LogP contribution in [0.25, 0.3) is 0 Å². The van der Waals surface area contributed by atoms with E-state index >= 15 is 0 Å². The lowest BCUT2D eigenvalue weighted by Crippen LogP contribution is -2.18. The van der Waals surface area contributed by atoms with Crippen molar-refractivity contribution in [2.45, 2.75) is 13.0 Å². The van der Waals surface area contributed by atoms with Crippen molar-refractivity contribution in [2.75, 3.05) is 14.2 Å². The highest BCUT2D eigenvalue weighted by atomic mass is 79.9. The molecule has 2 rings (SSSR count). The van der Waals surface area contributed by atoms with Crippen LogP contribution < -0.4 is 10.1 Å². The van der Waals surface area contributed by atoms with Crippen molar-refractivity contribution in [3.63, 3.8) is 0 Å². The minimum Gasteiger partial charge on any atom is -0.496 e. The van der Waals surface area contributed by atoms with Gasteiger partial charge in [0.1, 0.15) is 5.75 Å². The summed E-state index contributed by atoms with van der Waals surface area (Å²) in [5.74, 6) is 0.922. The number of aryl methyl sites for hydroxylation is 1. The smallest absolute Gasteiger partial charge is 0.121 e. The van der Waals surface area contributed by atoms with E-state index in [0.29, 0.717) is 0 Å². The number of halogens is 1. The Kier molecular flexibility index (Phi) is 4.61. The highest BCUT2D eigenvalue weighted by Crippen LogP contribution is 2.30. The van der Waals surface area contributed by atoms with E-state index in [-0.39, 0.29) is 6.04 Å². The van der Waals surface area contributed by atoms with Crippen molar-refractivity contribution in [1.29, 1.82) is 0 Å². The van der Waals surface area contributed by atoms with Crippen LogP contribution in [0.3, 0.4) is 0 Å². The van der Waals surface area contributed by atoms with Gasteiger partial charge in [0.05, 0.1) is 13.2 Å². The zero-order valence-corrected chi connectivity index (χ0v) is 13.0. The van der Waals surface area contributed by atoms with Crippen LogP contribution in [0.15, 0.2) is 46.9 Å². The first kappa shape index (κ1) is 14.1. The normalized spacial score (nSPS) is 12.2. The second kappa shape index (κ2) is 6.22. The van der Waals surface area contributed by atoms with E-state index in [9.17, 15) is 0 Å². The van der Waals surface area contributed by atoms with Crippen LogP contribution in [0.2, 0.25) is 0 Å². The van der Waals surface area contributed by atoms with Gasteiger partial charge in [-0.1, -0.05) is 46.3 Å². The molecule has 0 amide bonds. The molecule has 0 spiro atoms. The van der Waals surface area contributed by atoms with Gasteiger partial charge >= 0.3 is 0 Å². The molecule has 0 fully saturated rings. The summed E-state index contributed by atoms with van der Waals surface area (Å²) in [7, 11) is 3.68. The molecule has 0 aliphatic carbocycles. The van der Waals surface area contributed by atoms with Crippen LogP contribution in [0.5, 0.6) is 5.75 Å². The van der Waals surface area contributed by atoms with Gasteiger partial charge in [-0.2, -0.15) is 0 Å². The fraction of sp³-hybridized carbons (Fsp3) is 0.250. The van der Waals surface area contributed by atoms with Gasteiger partial charge in [0.15, 0.2) is 0 Å². The van der Waals surface area contributed by atoms with Gasteiger partial charge in [-0.3, -0.25) is 0 Å². The Morgan fingerprint density at radius 1 is 1.16 bits per heavy atom. The minimum atomic E-state index is 0.167. The topological polar surface area (TPSA) is 21.3 Å². The van der Waals surface area contributed by atoms with Crippen molar-refractivity contribution in [3.05, 3.63) is 63.6 Å². The number of ether oxygens (including phenoxy) is 1. The molecule has 19 heavy (non-hydrogen) atoms. The molecule has 0 heterocycles. The summed E-state index contributed by atoms with van der Waals surface area (Å²) < 4.78 is 6.43. The van der Waals surface area contributed by atoms with Crippen molar-refractivity contribution in [1.82, 2.24) is 5.32 Å². The van der Waals surface area contributed by atoms with E-state index < -0.39 is 0 Å². The maximum atomic E-state index is 5.31. The number of benzene rings is 2. The number of rotatable bonds is 4. The summed E-state index contributed by atoms with van der Waals surface area (Å²) in [5, 5.41) is 3.37. The van der Waals surface area contributed by atoms with Gasteiger partial charge in [-0.15, -0.1) is 0 Å². The summed E-state index contributed by atoms with van der Waals surface area (Å²) in [6.07, 6.45) is 0. The molecule has 0 aromatic heterocycles. The molecule has 3 heteroatoms. The fourth-order valence-corrected chi connectivity index (χ4v) is 2.81. The standard InChI is InChI=1S/C16H18BrNO/c1-11-10-12(8-9-15(11)19-3)16(18-2)13-6-4-5-7-14(13)17/h4-10,16,18H,1-3H3. The van der Waals surface area contributed by atoms with Crippen molar-refractivity contribution in [3.8, 4) is 5.75 Å². The largest absolute Gasteiger partial charge is 0.496 e. The molecule has 0 aliphatic rings. The molecule has 0 bridgehead atoms. The van der Waals surface area contributed by atoms with Gasteiger partial charge in [-0.05, 0) is 42.8 Å². The van der Waals surface area contributed by atoms with Crippen LogP contribution in [-0.2, 0) is 0 Å². The van der Waals surface area contributed by atoms with Crippen molar-refractivity contribution in [2.24, 2.45) is 0 Å². The molecule has 0 aliphatic heterocycles. The fourth-order valence-electron chi connectivity index (χ4n) is 2.29. The Morgan fingerprint density at radius 3 is 2.47 bits per heavy atom. The molecule has 100 valence electrons. The predicted octanol–water partition coefficient (Wildman–Crippen LogP) is 4.07. The molecular formula is C16H18BrNO. The second-order valence-corrected chi connectivity index (χ2v) is 5.33. The number of methoxy groups -OCH3 is 1. The predicted molar refractivity (Wildman–Crippen MR) is 82.8 cm³/mol. The van der Waals surface area contributed by atoms with E-state index in [2.05, 4.69) is 58.5 Å². The first-order valence-corrected chi connectivity index (χ1v) is 7.03. The summed E-state index contributed by atoms with van der Waals surface area (Å²) in [5.41, 5.74) is 3.61. The lowest BCUT2D eigenvalue weighted by atomic mass is 9.97. The van der Waals surface area contributed by atoms with Gasteiger partial charge < -0.3 is 10.1 Å². The molecule has 2 aromatic rings. The SMILES string of the molecule is CNC(c1ccc(OC)c(C)c1)c1ccccc1Br. The Labute approximate surface area is 122 Å². The first-order chi connectivity index (χ1) is 9.17. The summed E-state index contributed by atoms with van der Waals surface area (Å²) >= 11 is 3.62. The van der Waals surface area contributed by atoms with Crippen LogP contribution >= 0.6 is 15.9 Å². The van der Waals surface area contributed by atoms with Crippen molar-refractivity contribution < 1.29 is 4.74 Å². The highest BCUT2D eigenvalue weighted by Gasteiger charge is 2.15. The third-order valence-electron chi connectivity index (χ3n) is 3.26. The van der Waals surface area contributed by atoms with E-state index in [1.807, 2.05) is 19.2 Å². The third-order valence-corrected chi connectivity index (χ3v) is 3.98. The van der Waals surface area contributed by atoms with E-state index in [4.69, 9.17) is 4.74 Å². The van der Waals surface area contributed by atoms with Gasteiger partial charge in [0.2, 0.25) is 0 Å². The van der Waals surface area contributed by atoms with Crippen LogP contribution in [0, 0.1) is 6.92 Å². The van der Waals surface area contributed by atoms with Gasteiger partial charge in [0, 0.05) is 4.47 Å². The summed E-state index contributed by atoms with van der Waals surface area (Å²) in [6, 6.07) is 14.7. The average Bonchev–Trinajstić information content (AvgIpc) is 2.42. The van der Waals surface area contributed by atoms with Gasteiger partial charge in [0.25, 0.3) is 0 Å². The maximum absolute atomic E-state index is 5.31. The monoisotopic (exact) mass is 319 g/mol. The molecule has 1 N–H and O–H groups in total. The average molecular weight is 320 g/mol. The van der Waals surface area contributed by atoms with E-state index in [1.54, 1.807) is 7.11 Å². The number of hydrogen-bond donors (Lipinski definition) is 1. The van der Waals surface area contributed by atoms with Crippen molar-refractivity contribution >= 4 is 15.9 Å². The molecule has 0 radical (unpaired) electrons. The molecule has 1 unspecified atom stereocenters. The van der Waals surface area contributed by atoms with Crippen LogP contribution in [0.1, 0.15) is 22.7 Å². The summed E-state index contributed by atoms with van der Waals surface area (Å²) in [4.78, 5) is 0. The molecule has 0 saturated heterocycles. The molecule has 0 saturated carbocycles. The Morgan fingerprint density at radius 2 is 1.89 bits per heavy atom. The molecule has 1 atom stereocenters. The molecular weight excluding hydrogens is 302 g/mol. The van der Waals surface area contributed by atoms with E-state index in [0.717, 1.165) is 15.8 Å². The third kappa shape index (κ3) is 2.99. The minimum absolute atomic E-state index is 0.167. The highest BCUT2D eigenvalue weighted by molar-refractivity contribution is 9.10. The summed E-state index contributed by atoms with van der Waals surface area (Å²) in [6.45, 7) is 2.06. The molecule has 2 aromatic carbocycles. The van der Waals surface area contributed by atoms with E-state index in [1.165, 1.54) is 11.1 Å². The Hall–Kier alpha value is -1.32. The van der Waals surface area contributed by atoms with Crippen LogP contribution in [0.4, 0.5) is 0 Å². The zero-order chi connectivity index (χ0) is 13.8. The lowest BCUT2D eigenvalue weighted by molar-refractivity contribution is 0.411. The number of nitrogens with one attached hydrogen (secondary N) is 1. The maximum Gasteiger partial charge on any atom is 0.121 e. The molecule has 2 nitrogen and oxygen atoms in total. The first-order valence-electron chi connectivity index (χ1n) is 6.23. The zero-order valence-electron chi connectivity index (χ0n) is 11.4.